The molecule has 1 aromatic heterocycles. The molecule has 0 amide bonds. The highest BCUT2D eigenvalue weighted by Gasteiger charge is 2.23. The Bertz CT molecular complexity index is 615. The van der Waals surface area contributed by atoms with Crippen molar-refractivity contribution in [2.75, 3.05) is 26.7 Å². The predicted molar refractivity (Wildman–Crippen MR) is 96.3 cm³/mol. The Kier molecular flexibility index (Phi) is 5.96. The topological polar surface area (TPSA) is 39.6 Å². The summed E-state index contributed by atoms with van der Waals surface area (Å²) in [6.45, 7) is 5.57. The van der Waals surface area contributed by atoms with Crippen LogP contribution in [-0.4, -0.2) is 46.6 Å². The number of pyridine rings is 1. The van der Waals surface area contributed by atoms with Gasteiger partial charge >= 0.3 is 0 Å². The van der Waals surface area contributed by atoms with Crippen LogP contribution in [-0.2, 0) is 19.7 Å². The third-order valence-electron chi connectivity index (χ3n) is 4.73. The molecule has 1 N–H and O–H groups in total. The average molecular weight is 325 g/mol. The second-order valence-electron chi connectivity index (χ2n) is 6.92. The van der Waals surface area contributed by atoms with Gasteiger partial charge in [-0.15, -0.1) is 0 Å². The second kappa shape index (κ2) is 8.38. The second-order valence-corrected chi connectivity index (χ2v) is 6.92. The minimum atomic E-state index is 0.120. The zero-order valence-corrected chi connectivity index (χ0v) is 14.4. The van der Waals surface area contributed by atoms with Gasteiger partial charge in [0, 0.05) is 38.6 Å². The SMILES string of the molecule is CN(Cc1cccnc1)C[C@@H]1CCN(Cc2ccc(CO)cc2)C1. The summed E-state index contributed by atoms with van der Waals surface area (Å²) in [5.74, 6) is 0.739. The Balaban J connectivity index is 1.44. The lowest BCUT2D eigenvalue weighted by atomic mass is 10.1. The fraction of sp³-hybridized carbons (Fsp3) is 0.450. The van der Waals surface area contributed by atoms with Crippen LogP contribution in [0.3, 0.4) is 0 Å². The summed E-state index contributed by atoms with van der Waals surface area (Å²) in [6.07, 6.45) is 5.05. The van der Waals surface area contributed by atoms with Crippen molar-refractivity contribution < 1.29 is 5.11 Å². The fourth-order valence-electron chi connectivity index (χ4n) is 3.52. The molecule has 0 spiro atoms. The van der Waals surface area contributed by atoms with Crippen LogP contribution in [0, 0.1) is 5.92 Å². The number of rotatable bonds is 7. The van der Waals surface area contributed by atoms with Crippen LogP contribution in [0.4, 0.5) is 0 Å². The molecule has 1 atom stereocenters. The van der Waals surface area contributed by atoms with Crippen molar-refractivity contribution in [3.05, 3.63) is 65.5 Å². The van der Waals surface area contributed by atoms with Crippen molar-refractivity contribution in [1.82, 2.24) is 14.8 Å². The third-order valence-corrected chi connectivity index (χ3v) is 4.73. The Labute approximate surface area is 144 Å². The van der Waals surface area contributed by atoms with Crippen LogP contribution in [0.5, 0.6) is 0 Å². The van der Waals surface area contributed by atoms with Crippen molar-refractivity contribution in [3.63, 3.8) is 0 Å². The van der Waals surface area contributed by atoms with Crippen LogP contribution in [0.1, 0.15) is 23.1 Å². The van der Waals surface area contributed by atoms with E-state index in [0.29, 0.717) is 0 Å². The lowest BCUT2D eigenvalue weighted by molar-refractivity contribution is 0.254. The highest BCUT2D eigenvalue weighted by Crippen LogP contribution is 2.20. The summed E-state index contributed by atoms with van der Waals surface area (Å²) in [7, 11) is 2.20. The first-order valence-corrected chi connectivity index (χ1v) is 8.71. The summed E-state index contributed by atoms with van der Waals surface area (Å²) in [6, 6.07) is 12.4. The molecule has 0 saturated carbocycles. The van der Waals surface area contributed by atoms with Gasteiger partial charge in [-0.25, -0.2) is 0 Å². The number of aliphatic hydroxyl groups excluding tert-OH is 1. The third kappa shape index (κ3) is 4.87. The molecule has 24 heavy (non-hydrogen) atoms. The Morgan fingerprint density at radius 3 is 2.67 bits per heavy atom. The number of likely N-dealkylation sites (tertiary alicyclic amines) is 1. The number of hydrogen-bond donors (Lipinski definition) is 1. The molecular formula is C20H27N3O. The van der Waals surface area contributed by atoms with Crippen LogP contribution in [0.25, 0.3) is 0 Å². The first kappa shape index (κ1) is 17.1. The normalized spacial score (nSPS) is 18.4. The summed E-state index contributed by atoms with van der Waals surface area (Å²) in [5, 5.41) is 9.12. The zero-order valence-electron chi connectivity index (χ0n) is 14.4. The molecule has 1 aliphatic heterocycles. The maximum absolute atomic E-state index is 9.12. The van der Waals surface area contributed by atoms with E-state index >= 15 is 0 Å². The molecule has 3 rings (SSSR count). The van der Waals surface area contributed by atoms with Gasteiger partial charge < -0.3 is 10.0 Å². The minimum absolute atomic E-state index is 0.120. The van der Waals surface area contributed by atoms with Crippen molar-refractivity contribution in [2.24, 2.45) is 5.92 Å². The highest BCUT2D eigenvalue weighted by molar-refractivity contribution is 5.22. The van der Waals surface area contributed by atoms with Crippen LogP contribution in [0.2, 0.25) is 0 Å². The minimum Gasteiger partial charge on any atom is -0.392 e. The number of nitrogens with zero attached hydrogens (tertiary/aromatic N) is 3. The van der Waals surface area contributed by atoms with Crippen molar-refractivity contribution >= 4 is 0 Å². The Morgan fingerprint density at radius 1 is 1.17 bits per heavy atom. The van der Waals surface area contributed by atoms with E-state index in [4.69, 9.17) is 5.11 Å². The van der Waals surface area contributed by atoms with Gasteiger partial charge in [-0.3, -0.25) is 9.88 Å². The molecule has 1 saturated heterocycles. The van der Waals surface area contributed by atoms with E-state index in [0.717, 1.165) is 31.1 Å². The number of benzene rings is 1. The smallest absolute Gasteiger partial charge is 0.0681 e. The summed E-state index contributed by atoms with van der Waals surface area (Å²) in [5.41, 5.74) is 3.59. The largest absolute Gasteiger partial charge is 0.392 e. The van der Waals surface area contributed by atoms with Gasteiger partial charge in [0.1, 0.15) is 0 Å². The highest BCUT2D eigenvalue weighted by atomic mass is 16.3. The summed E-state index contributed by atoms with van der Waals surface area (Å²) in [4.78, 5) is 9.13. The van der Waals surface area contributed by atoms with Gasteiger partial charge in [0.2, 0.25) is 0 Å². The first-order valence-electron chi connectivity index (χ1n) is 8.71. The molecule has 4 heteroatoms. The van der Waals surface area contributed by atoms with E-state index in [-0.39, 0.29) is 6.61 Å². The predicted octanol–water partition coefficient (Wildman–Crippen LogP) is 2.53. The molecule has 128 valence electrons. The van der Waals surface area contributed by atoms with E-state index in [1.54, 1.807) is 0 Å². The number of aromatic nitrogens is 1. The van der Waals surface area contributed by atoms with E-state index < -0.39 is 0 Å². The van der Waals surface area contributed by atoms with Crippen LogP contribution < -0.4 is 0 Å². The molecule has 1 aliphatic rings. The lowest BCUT2D eigenvalue weighted by Gasteiger charge is -2.21. The standard InChI is InChI=1S/C20H27N3O/c1-22(12-19-3-2-9-21-11-19)13-20-8-10-23(15-20)14-17-4-6-18(16-24)7-5-17/h2-7,9,11,20,24H,8,10,12-16H2,1H3/t20-/m0/s1. The molecule has 2 aromatic rings. The van der Waals surface area contributed by atoms with Gasteiger partial charge in [0.05, 0.1) is 6.61 Å². The fourth-order valence-corrected chi connectivity index (χ4v) is 3.52. The monoisotopic (exact) mass is 325 g/mol. The van der Waals surface area contributed by atoms with Crippen LogP contribution in [0.15, 0.2) is 48.8 Å². The van der Waals surface area contributed by atoms with Gasteiger partial charge in [-0.05, 0) is 48.7 Å². The lowest BCUT2D eigenvalue weighted by Crippen LogP contribution is -2.28. The summed E-state index contributed by atoms with van der Waals surface area (Å²) < 4.78 is 0. The average Bonchev–Trinajstić information content (AvgIpc) is 3.03. The molecule has 1 aromatic carbocycles. The van der Waals surface area contributed by atoms with Gasteiger partial charge in [-0.1, -0.05) is 30.3 Å². The van der Waals surface area contributed by atoms with Gasteiger partial charge in [0.15, 0.2) is 0 Å². The van der Waals surface area contributed by atoms with Gasteiger partial charge in [0.25, 0.3) is 0 Å². The van der Waals surface area contributed by atoms with Crippen molar-refractivity contribution in [3.8, 4) is 0 Å². The zero-order chi connectivity index (χ0) is 16.8. The molecule has 2 heterocycles. The van der Waals surface area contributed by atoms with E-state index in [1.807, 2.05) is 30.6 Å². The first-order chi connectivity index (χ1) is 11.7. The number of aliphatic hydroxyl groups is 1. The van der Waals surface area contributed by atoms with E-state index in [2.05, 4.69) is 40.0 Å². The van der Waals surface area contributed by atoms with Gasteiger partial charge in [-0.2, -0.15) is 0 Å². The summed E-state index contributed by atoms with van der Waals surface area (Å²) >= 11 is 0. The molecule has 4 nitrogen and oxygen atoms in total. The molecule has 0 bridgehead atoms. The maximum Gasteiger partial charge on any atom is 0.0681 e. The molecule has 0 unspecified atom stereocenters. The van der Waals surface area contributed by atoms with Crippen molar-refractivity contribution in [2.45, 2.75) is 26.1 Å². The van der Waals surface area contributed by atoms with E-state index in [1.165, 1.54) is 30.6 Å². The number of hydrogen-bond acceptors (Lipinski definition) is 4. The maximum atomic E-state index is 9.12. The molecule has 0 radical (unpaired) electrons. The molecular weight excluding hydrogens is 298 g/mol. The Morgan fingerprint density at radius 2 is 1.96 bits per heavy atom. The Hall–Kier alpha value is -1.75. The van der Waals surface area contributed by atoms with E-state index in [9.17, 15) is 0 Å². The van der Waals surface area contributed by atoms with Crippen LogP contribution >= 0.6 is 0 Å². The molecule has 1 fully saturated rings. The molecule has 0 aliphatic carbocycles. The quantitative estimate of drug-likeness (QED) is 0.849. The van der Waals surface area contributed by atoms with Crippen molar-refractivity contribution in [1.29, 1.82) is 0 Å².